The van der Waals surface area contributed by atoms with Crippen molar-refractivity contribution in [3.05, 3.63) is 70.1 Å². The number of para-hydroxylation sites is 1. The van der Waals surface area contributed by atoms with Gasteiger partial charge in [0.05, 0.1) is 5.69 Å². The van der Waals surface area contributed by atoms with E-state index >= 15 is 0 Å². The first-order valence-electron chi connectivity index (χ1n) is 10.5. The maximum atomic E-state index is 13.6. The molecule has 0 N–H and O–H groups in total. The smallest absolute Gasteiger partial charge is 0.296 e. The zero-order chi connectivity index (χ0) is 21.7. The van der Waals surface area contributed by atoms with E-state index in [1.54, 1.807) is 0 Å². The Morgan fingerprint density at radius 1 is 0.935 bits per heavy atom. The van der Waals surface area contributed by atoms with Crippen LogP contribution in [0.4, 0.5) is 0 Å². The second kappa shape index (κ2) is 7.35. The molecule has 31 heavy (non-hydrogen) atoms. The topological polar surface area (TPSA) is 63.4 Å². The molecular weight excluding hydrogens is 390 g/mol. The Labute approximate surface area is 180 Å². The first-order valence-corrected chi connectivity index (χ1v) is 10.5. The second-order valence-corrected chi connectivity index (χ2v) is 8.30. The van der Waals surface area contributed by atoms with E-state index in [0.717, 1.165) is 29.6 Å². The molecule has 158 valence electrons. The van der Waals surface area contributed by atoms with Gasteiger partial charge in [0.25, 0.3) is 11.5 Å². The van der Waals surface area contributed by atoms with Crippen LogP contribution in [0, 0.1) is 6.92 Å². The number of likely N-dealkylation sites (N-methyl/N-ethyl adjacent to an activating group) is 1. The first kappa shape index (κ1) is 19.5. The summed E-state index contributed by atoms with van der Waals surface area (Å²) >= 11 is 0. The third kappa shape index (κ3) is 3.13. The molecule has 0 unspecified atom stereocenters. The van der Waals surface area contributed by atoms with Crippen LogP contribution in [0.25, 0.3) is 27.5 Å². The molecule has 1 fully saturated rings. The lowest BCUT2D eigenvalue weighted by Gasteiger charge is -2.32. The number of nitrogens with zero attached hydrogens (tertiary/aromatic N) is 5. The van der Waals surface area contributed by atoms with Crippen LogP contribution >= 0.6 is 0 Å². The molecule has 1 amide bonds. The van der Waals surface area contributed by atoms with Crippen molar-refractivity contribution >= 4 is 27.7 Å². The van der Waals surface area contributed by atoms with Gasteiger partial charge in [-0.2, -0.15) is 9.78 Å². The van der Waals surface area contributed by atoms with Gasteiger partial charge in [0, 0.05) is 49.5 Å². The molecule has 0 bridgehead atoms. The summed E-state index contributed by atoms with van der Waals surface area (Å²) in [5.74, 6) is -0.129. The highest BCUT2D eigenvalue weighted by molar-refractivity contribution is 6.16. The zero-order valence-electron chi connectivity index (χ0n) is 18.0. The minimum atomic E-state index is -0.229. The van der Waals surface area contributed by atoms with Crippen LogP contribution in [0.3, 0.4) is 0 Å². The van der Waals surface area contributed by atoms with E-state index in [1.165, 1.54) is 4.68 Å². The Kier molecular flexibility index (Phi) is 4.63. The summed E-state index contributed by atoms with van der Waals surface area (Å²) in [6.07, 6.45) is 0. The van der Waals surface area contributed by atoms with Gasteiger partial charge in [-0.1, -0.05) is 35.9 Å². The predicted molar refractivity (Wildman–Crippen MR) is 122 cm³/mol. The van der Waals surface area contributed by atoms with Gasteiger partial charge in [-0.05, 0) is 32.2 Å². The van der Waals surface area contributed by atoms with Crippen molar-refractivity contribution in [2.45, 2.75) is 6.92 Å². The second-order valence-electron chi connectivity index (χ2n) is 8.30. The third-order valence-corrected chi connectivity index (χ3v) is 6.21. The van der Waals surface area contributed by atoms with Gasteiger partial charge in [0.1, 0.15) is 5.52 Å². The zero-order valence-corrected chi connectivity index (χ0v) is 18.0. The Bertz CT molecular complexity index is 1360. The molecule has 0 radical (unpaired) electrons. The average molecular weight is 415 g/mol. The van der Waals surface area contributed by atoms with Crippen LogP contribution in [0.2, 0.25) is 0 Å². The molecule has 3 heterocycles. The van der Waals surface area contributed by atoms with E-state index in [2.05, 4.69) is 17.0 Å². The van der Waals surface area contributed by atoms with Crippen molar-refractivity contribution < 1.29 is 4.79 Å². The standard InChI is InChI=1S/C24H25N5O2/c1-16-8-10-17(11-9-16)29-24(31)22-20(18-6-4-5-7-19(18)27(22)3)21(25-29)23(30)28-14-12-26(2)13-15-28/h4-11H,12-15H2,1-3H3. The highest BCUT2D eigenvalue weighted by Crippen LogP contribution is 2.29. The summed E-state index contributed by atoms with van der Waals surface area (Å²) < 4.78 is 3.24. The normalized spacial score (nSPS) is 15.1. The maximum Gasteiger partial charge on any atom is 0.296 e. The van der Waals surface area contributed by atoms with Crippen LogP contribution in [0.1, 0.15) is 16.1 Å². The molecule has 2 aromatic heterocycles. The van der Waals surface area contributed by atoms with Crippen molar-refractivity contribution in [2.24, 2.45) is 7.05 Å². The Morgan fingerprint density at radius 2 is 1.61 bits per heavy atom. The van der Waals surface area contributed by atoms with Gasteiger partial charge >= 0.3 is 0 Å². The van der Waals surface area contributed by atoms with Crippen molar-refractivity contribution in [3.63, 3.8) is 0 Å². The molecule has 0 atom stereocenters. The minimum Gasteiger partial charge on any atom is -0.339 e. The number of hydrogen-bond acceptors (Lipinski definition) is 4. The van der Waals surface area contributed by atoms with Gasteiger partial charge in [-0.25, -0.2) is 0 Å². The SMILES string of the molecule is Cc1ccc(-n2nc(C(=O)N3CCN(C)CC3)c3c4ccccc4n(C)c3c2=O)cc1. The molecular formula is C24H25N5O2. The van der Waals surface area contributed by atoms with Crippen molar-refractivity contribution in [2.75, 3.05) is 33.2 Å². The molecule has 0 aliphatic carbocycles. The summed E-state index contributed by atoms with van der Waals surface area (Å²) in [6, 6.07) is 15.4. The predicted octanol–water partition coefficient (Wildman–Crippen LogP) is 2.57. The molecule has 0 spiro atoms. The lowest BCUT2D eigenvalue weighted by Crippen LogP contribution is -2.47. The number of piperazine rings is 1. The summed E-state index contributed by atoms with van der Waals surface area (Å²) in [5, 5.41) is 6.15. The van der Waals surface area contributed by atoms with Crippen molar-refractivity contribution in [3.8, 4) is 5.69 Å². The molecule has 1 aliphatic rings. The van der Waals surface area contributed by atoms with E-state index in [1.807, 2.05) is 72.0 Å². The Balaban J connectivity index is 1.81. The number of aromatic nitrogens is 3. The van der Waals surface area contributed by atoms with Crippen molar-refractivity contribution in [1.29, 1.82) is 0 Å². The maximum absolute atomic E-state index is 13.6. The van der Waals surface area contributed by atoms with Crippen LogP contribution in [-0.2, 0) is 7.05 Å². The van der Waals surface area contributed by atoms with Crippen LogP contribution < -0.4 is 5.56 Å². The summed E-state index contributed by atoms with van der Waals surface area (Å²) in [7, 11) is 3.93. The van der Waals surface area contributed by atoms with E-state index in [9.17, 15) is 9.59 Å². The van der Waals surface area contributed by atoms with Crippen molar-refractivity contribution in [1.82, 2.24) is 24.1 Å². The molecule has 4 aromatic rings. The number of carbonyl (C=O) groups is 1. The fraction of sp³-hybridized carbons (Fsp3) is 0.292. The molecule has 5 rings (SSSR count). The van der Waals surface area contributed by atoms with Crippen LogP contribution in [-0.4, -0.2) is 63.3 Å². The molecule has 1 saturated heterocycles. The number of hydrogen-bond donors (Lipinski definition) is 0. The monoisotopic (exact) mass is 415 g/mol. The third-order valence-electron chi connectivity index (χ3n) is 6.21. The minimum absolute atomic E-state index is 0.129. The van der Waals surface area contributed by atoms with Gasteiger partial charge < -0.3 is 14.4 Å². The average Bonchev–Trinajstić information content (AvgIpc) is 3.08. The van der Waals surface area contributed by atoms with E-state index < -0.39 is 0 Å². The fourth-order valence-corrected chi connectivity index (χ4v) is 4.35. The van der Waals surface area contributed by atoms with Crippen LogP contribution in [0.5, 0.6) is 0 Å². The fourth-order valence-electron chi connectivity index (χ4n) is 4.35. The number of fused-ring (bicyclic) bond motifs is 3. The molecule has 0 saturated carbocycles. The summed E-state index contributed by atoms with van der Waals surface area (Å²) in [6.45, 7) is 4.93. The largest absolute Gasteiger partial charge is 0.339 e. The first-order chi connectivity index (χ1) is 15.0. The van der Waals surface area contributed by atoms with Crippen LogP contribution in [0.15, 0.2) is 53.3 Å². The van der Waals surface area contributed by atoms with Gasteiger partial charge in [0.15, 0.2) is 5.69 Å². The lowest BCUT2D eigenvalue weighted by molar-refractivity contribution is 0.0658. The Hall–Kier alpha value is -3.45. The van der Waals surface area contributed by atoms with Gasteiger partial charge in [-0.15, -0.1) is 0 Å². The number of amides is 1. The van der Waals surface area contributed by atoms with Gasteiger partial charge in [0.2, 0.25) is 0 Å². The summed E-state index contributed by atoms with van der Waals surface area (Å²) in [5.41, 5.74) is 3.25. The number of aryl methyl sites for hydroxylation is 2. The van der Waals surface area contributed by atoms with Gasteiger partial charge in [-0.3, -0.25) is 9.59 Å². The highest BCUT2D eigenvalue weighted by Gasteiger charge is 2.28. The molecule has 7 heteroatoms. The lowest BCUT2D eigenvalue weighted by atomic mass is 10.1. The summed E-state index contributed by atoms with van der Waals surface area (Å²) in [4.78, 5) is 31.2. The quantitative estimate of drug-likeness (QED) is 0.505. The number of carbonyl (C=O) groups excluding carboxylic acids is 1. The van der Waals surface area contributed by atoms with E-state index in [0.29, 0.717) is 35.4 Å². The number of rotatable bonds is 2. The van der Waals surface area contributed by atoms with E-state index in [4.69, 9.17) is 0 Å². The highest BCUT2D eigenvalue weighted by atomic mass is 16.2. The van der Waals surface area contributed by atoms with E-state index in [-0.39, 0.29) is 11.5 Å². The molecule has 7 nitrogen and oxygen atoms in total. The molecule has 2 aromatic carbocycles. The molecule has 1 aliphatic heterocycles. The Morgan fingerprint density at radius 3 is 2.32 bits per heavy atom. The number of benzene rings is 2.